The smallest absolute Gasteiger partial charge is 0.230 e. The van der Waals surface area contributed by atoms with Crippen molar-refractivity contribution in [2.45, 2.75) is 39.7 Å². The van der Waals surface area contributed by atoms with Gasteiger partial charge in [-0.3, -0.25) is 4.79 Å². The van der Waals surface area contributed by atoms with E-state index in [0.717, 1.165) is 18.4 Å². The van der Waals surface area contributed by atoms with Gasteiger partial charge in [0.25, 0.3) is 0 Å². The first-order valence-corrected chi connectivity index (χ1v) is 7.14. The van der Waals surface area contributed by atoms with Crippen molar-refractivity contribution in [3.05, 3.63) is 35.4 Å². The molecular formula is C15H22N2OS. The summed E-state index contributed by atoms with van der Waals surface area (Å²) in [5.41, 5.74) is 7.98. The van der Waals surface area contributed by atoms with Crippen LogP contribution < -0.4 is 11.1 Å². The summed E-state index contributed by atoms with van der Waals surface area (Å²) in [7, 11) is 0. The number of aryl methyl sites for hydroxylation is 1. The zero-order valence-corrected chi connectivity index (χ0v) is 12.4. The minimum absolute atomic E-state index is 0.0751. The summed E-state index contributed by atoms with van der Waals surface area (Å²) in [5.74, 6) is -0.427. The molecule has 0 fully saturated rings. The highest BCUT2D eigenvalue weighted by Gasteiger charge is 2.19. The molecule has 0 spiro atoms. The lowest BCUT2D eigenvalue weighted by atomic mass is 10.0. The molecule has 1 rings (SSSR count). The lowest BCUT2D eigenvalue weighted by Crippen LogP contribution is -2.37. The number of hydrogen-bond donors (Lipinski definition) is 2. The van der Waals surface area contributed by atoms with Crippen molar-refractivity contribution in [3.8, 4) is 0 Å². The van der Waals surface area contributed by atoms with Crippen molar-refractivity contribution in [2.75, 3.05) is 0 Å². The molecule has 19 heavy (non-hydrogen) atoms. The van der Waals surface area contributed by atoms with E-state index in [0.29, 0.717) is 13.0 Å². The summed E-state index contributed by atoms with van der Waals surface area (Å²) >= 11 is 4.94. The monoisotopic (exact) mass is 278 g/mol. The maximum atomic E-state index is 12.0. The molecule has 0 saturated carbocycles. The van der Waals surface area contributed by atoms with Crippen LogP contribution in [0, 0.1) is 5.92 Å². The Morgan fingerprint density at radius 1 is 1.26 bits per heavy atom. The number of carbonyl (C=O) groups excluding carboxylic acids is 1. The number of nitrogens with two attached hydrogens (primary N) is 1. The molecule has 1 amide bonds. The van der Waals surface area contributed by atoms with E-state index in [-0.39, 0.29) is 16.8 Å². The van der Waals surface area contributed by atoms with Crippen molar-refractivity contribution >= 4 is 23.1 Å². The quantitative estimate of drug-likeness (QED) is 0.754. The van der Waals surface area contributed by atoms with Gasteiger partial charge in [-0.1, -0.05) is 56.8 Å². The molecule has 1 aromatic rings. The molecule has 3 nitrogen and oxygen atoms in total. The summed E-state index contributed by atoms with van der Waals surface area (Å²) in [5, 5.41) is 2.90. The van der Waals surface area contributed by atoms with Gasteiger partial charge in [0.2, 0.25) is 5.91 Å². The lowest BCUT2D eigenvalue weighted by molar-refractivity contribution is -0.123. The highest BCUT2D eigenvalue weighted by molar-refractivity contribution is 7.80. The molecular weight excluding hydrogens is 256 g/mol. The highest BCUT2D eigenvalue weighted by atomic mass is 32.1. The fourth-order valence-electron chi connectivity index (χ4n) is 1.90. The van der Waals surface area contributed by atoms with Crippen molar-refractivity contribution in [1.29, 1.82) is 0 Å². The minimum atomic E-state index is -0.352. The van der Waals surface area contributed by atoms with Crippen LogP contribution in [0.25, 0.3) is 0 Å². The van der Waals surface area contributed by atoms with Gasteiger partial charge in [-0.15, -0.1) is 0 Å². The van der Waals surface area contributed by atoms with Crippen LogP contribution in [0.5, 0.6) is 0 Å². The fraction of sp³-hybridized carbons (Fsp3) is 0.467. The number of benzene rings is 1. The SMILES string of the molecule is CCCC(C(=O)NCc1ccc(CC)cc1)C(N)=S. The van der Waals surface area contributed by atoms with Gasteiger partial charge in [0.1, 0.15) is 0 Å². The molecule has 1 atom stereocenters. The number of thiocarbonyl (C=S) groups is 1. The van der Waals surface area contributed by atoms with Crippen LogP contribution in [0.1, 0.15) is 37.8 Å². The van der Waals surface area contributed by atoms with E-state index in [2.05, 4.69) is 24.4 Å². The van der Waals surface area contributed by atoms with Gasteiger partial charge in [-0.2, -0.15) is 0 Å². The Labute approximate surface area is 120 Å². The Morgan fingerprint density at radius 3 is 2.32 bits per heavy atom. The molecule has 0 bridgehead atoms. The normalized spacial score (nSPS) is 11.9. The van der Waals surface area contributed by atoms with Crippen LogP contribution >= 0.6 is 12.2 Å². The van der Waals surface area contributed by atoms with Gasteiger partial charge in [0.15, 0.2) is 0 Å². The molecule has 1 aromatic carbocycles. The van der Waals surface area contributed by atoms with E-state index in [1.165, 1.54) is 5.56 Å². The molecule has 1 unspecified atom stereocenters. The molecule has 0 aliphatic heterocycles. The Hall–Kier alpha value is -1.42. The van der Waals surface area contributed by atoms with Gasteiger partial charge >= 0.3 is 0 Å². The van der Waals surface area contributed by atoms with Crippen LogP contribution in [-0.4, -0.2) is 10.9 Å². The van der Waals surface area contributed by atoms with Gasteiger partial charge in [-0.25, -0.2) is 0 Å². The van der Waals surface area contributed by atoms with Gasteiger partial charge in [0, 0.05) is 6.54 Å². The lowest BCUT2D eigenvalue weighted by Gasteiger charge is -2.14. The number of rotatable bonds is 7. The van der Waals surface area contributed by atoms with Crippen molar-refractivity contribution in [2.24, 2.45) is 11.7 Å². The Morgan fingerprint density at radius 2 is 1.84 bits per heavy atom. The largest absolute Gasteiger partial charge is 0.393 e. The first kappa shape index (κ1) is 15.6. The number of carbonyl (C=O) groups is 1. The van der Waals surface area contributed by atoms with E-state index in [4.69, 9.17) is 18.0 Å². The minimum Gasteiger partial charge on any atom is -0.393 e. The first-order chi connectivity index (χ1) is 9.08. The van der Waals surface area contributed by atoms with E-state index in [9.17, 15) is 4.79 Å². The second kappa shape index (κ2) is 7.89. The van der Waals surface area contributed by atoms with Crippen molar-refractivity contribution in [1.82, 2.24) is 5.32 Å². The van der Waals surface area contributed by atoms with Gasteiger partial charge in [0.05, 0.1) is 10.9 Å². The maximum Gasteiger partial charge on any atom is 0.230 e. The Bertz CT molecular complexity index is 428. The second-order valence-corrected chi connectivity index (χ2v) is 5.10. The Kier molecular flexibility index (Phi) is 6.50. The van der Waals surface area contributed by atoms with E-state index in [1.807, 2.05) is 19.1 Å². The molecule has 0 aliphatic rings. The van der Waals surface area contributed by atoms with Crippen LogP contribution in [0.3, 0.4) is 0 Å². The highest BCUT2D eigenvalue weighted by Crippen LogP contribution is 2.09. The summed E-state index contributed by atoms with van der Waals surface area (Å²) < 4.78 is 0. The zero-order valence-electron chi connectivity index (χ0n) is 11.6. The molecule has 3 N–H and O–H groups in total. The second-order valence-electron chi connectivity index (χ2n) is 4.63. The summed E-state index contributed by atoms with van der Waals surface area (Å²) in [4.78, 5) is 12.3. The molecule has 0 saturated heterocycles. The third-order valence-electron chi connectivity index (χ3n) is 3.14. The van der Waals surface area contributed by atoms with E-state index in [1.54, 1.807) is 0 Å². The standard InChI is InChI=1S/C15H22N2OS/c1-3-5-13(14(16)19)15(18)17-10-12-8-6-11(4-2)7-9-12/h6-9,13H,3-5,10H2,1-2H3,(H2,16,19)(H,17,18). The summed E-state index contributed by atoms with van der Waals surface area (Å²) in [6, 6.07) is 8.24. The average Bonchev–Trinajstić information content (AvgIpc) is 2.42. The molecule has 4 heteroatoms. The Balaban J connectivity index is 2.54. The maximum absolute atomic E-state index is 12.0. The summed E-state index contributed by atoms with van der Waals surface area (Å²) in [6.45, 7) is 4.65. The molecule has 0 radical (unpaired) electrons. The zero-order chi connectivity index (χ0) is 14.3. The third kappa shape index (κ3) is 4.99. The van der Waals surface area contributed by atoms with Crippen LogP contribution in [0.2, 0.25) is 0 Å². The number of nitrogens with one attached hydrogen (secondary N) is 1. The summed E-state index contributed by atoms with van der Waals surface area (Å²) in [6.07, 6.45) is 2.61. The third-order valence-corrected chi connectivity index (χ3v) is 3.42. The number of hydrogen-bond acceptors (Lipinski definition) is 2. The fourth-order valence-corrected chi connectivity index (χ4v) is 2.12. The molecule has 0 heterocycles. The number of amides is 1. The van der Waals surface area contributed by atoms with Crippen LogP contribution in [0.4, 0.5) is 0 Å². The molecule has 0 aromatic heterocycles. The van der Waals surface area contributed by atoms with Crippen molar-refractivity contribution < 1.29 is 4.79 Å². The first-order valence-electron chi connectivity index (χ1n) is 6.73. The predicted molar refractivity (Wildman–Crippen MR) is 82.9 cm³/mol. The van der Waals surface area contributed by atoms with Gasteiger partial charge < -0.3 is 11.1 Å². The topological polar surface area (TPSA) is 55.1 Å². The van der Waals surface area contributed by atoms with E-state index < -0.39 is 0 Å². The van der Waals surface area contributed by atoms with E-state index >= 15 is 0 Å². The predicted octanol–water partition coefficient (Wildman–Crippen LogP) is 2.57. The van der Waals surface area contributed by atoms with Crippen molar-refractivity contribution in [3.63, 3.8) is 0 Å². The molecule has 104 valence electrons. The van der Waals surface area contributed by atoms with Crippen LogP contribution in [0.15, 0.2) is 24.3 Å². The van der Waals surface area contributed by atoms with Gasteiger partial charge in [-0.05, 0) is 24.0 Å². The average molecular weight is 278 g/mol. The van der Waals surface area contributed by atoms with Crippen LogP contribution in [-0.2, 0) is 17.8 Å². The molecule has 0 aliphatic carbocycles.